The van der Waals surface area contributed by atoms with E-state index in [1.165, 1.54) is 6.26 Å². The highest BCUT2D eigenvalue weighted by molar-refractivity contribution is 7.94. The molecule has 3 nitrogen and oxygen atoms in total. The normalized spacial score (nSPS) is 11.6. The zero-order valence-corrected chi connectivity index (χ0v) is 11.3. The average Bonchev–Trinajstić information content (AvgIpc) is 2.42. The first-order valence-electron chi connectivity index (χ1n) is 5.78. The Hall–Kier alpha value is -2.07. The van der Waals surface area contributed by atoms with Crippen LogP contribution < -0.4 is 4.74 Å². The molecule has 0 saturated heterocycles. The Morgan fingerprint density at radius 3 is 2.26 bits per heavy atom. The molecule has 0 atom stereocenters. The molecule has 0 aliphatic carbocycles. The first-order chi connectivity index (χ1) is 9.09. The minimum atomic E-state index is -3.45. The molecule has 19 heavy (non-hydrogen) atoms. The molecule has 0 N–H and O–H groups in total. The summed E-state index contributed by atoms with van der Waals surface area (Å²) in [5.74, 6) is 0.641. The van der Waals surface area contributed by atoms with Gasteiger partial charge >= 0.3 is 0 Å². The summed E-state index contributed by atoms with van der Waals surface area (Å²) < 4.78 is 29.2. The van der Waals surface area contributed by atoms with E-state index >= 15 is 0 Å². The zero-order chi connectivity index (χ0) is 13.7. The standard InChI is InChI=1S/C15H14O3S/c1-13-7-5-6-10-15(13)18-11-12-19(16,17)14-8-3-2-4-9-14/h2-12H,1H3/b12-11+. The summed E-state index contributed by atoms with van der Waals surface area (Å²) in [5.41, 5.74) is 0.948. The van der Waals surface area contributed by atoms with Gasteiger partial charge in [-0.3, -0.25) is 0 Å². The van der Waals surface area contributed by atoms with Crippen LogP contribution in [0.3, 0.4) is 0 Å². The third-order valence-corrected chi connectivity index (χ3v) is 3.99. The van der Waals surface area contributed by atoms with Gasteiger partial charge in [0.2, 0.25) is 9.84 Å². The largest absolute Gasteiger partial charge is 0.464 e. The SMILES string of the molecule is Cc1ccccc1O/C=C/S(=O)(=O)c1ccccc1. The average molecular weight is 274 g/mol. The second-order valence-corrected chi connectivity index (χ2v) is 5.85. The molecule has 0 fully saturated rings. The third-order valence-electron chi connectivity index (χ3n) is 2.60. The van der Waals surface area contributed by atoms with Crippen molar-refractivity contribution in [3.63, 3.8) is 0 Å². The van der Waals surface area contributed by atoms with Crippen LogP contribution in [0.2, 0.25) is 0 Å². The molecule has 2 aromatic carbocycles. The molecule has 0 aliphatic heterocycles. The van der Waals surface area contributed by atoms with E-state index in [4.69, 9.17) is 4.74 Å². The number of hydrogen-bond acceptors (Lipinski definition) is 3. The Kier molecular flexibility index (Phi) is 4.02. The summed E-state index contributed by atoms with van der Waals surface area (Å²) in [6, 6.07) is 15.7. The summed E-state index contributed by atoms with van der Waals surface area (Å²) in [6.07, 6.45) is 1.20. The maximum Gasteiger partial charge on any atom is 0.202 e. The number of benzene rings is 2. The minimum absolute atomic E-state index is 0.250. The van der Waals surface area contributed by atoms with Crippen molar-refractivity contribution < 1.29 is 13.2 Å². The van der Waals surface area contributed by atoms with Crippen LogP contribution in [0.1, 0.15) is 5.56 Å². The van der Waals surface area contributed by atoms with Crippen molar-refractivity contribution in [1.82, 2.24) is 0 Å². The molecule has 0 bridgehead atoms. The van der Waals surface area contributed by atoms with Crippen molar-refractivity contribution in [2.75, 3.05) is 0 Å². The Balaban J connectivity index is 2.14. The van der Waals surface area contributed by atoms with Gasteiger partial charge < -0.3 is 4.74 Å². The topological polar surface area (TPSA) is 43.4 Å². The number of para-hydroxylation sites is 1. The van der Waals surface area contributed by atoms with Gasteiger partial charge in [-0.15, -0.1) is 0 Å². The quantitative estimate of drug-likeness (QED) is 0.803. The highest BCUT2D eigenvalue weighted by atomic mass is 32.2. The molecule has 0 unspecified atom stereocenters. The van der Waals surface area contributed by atoms with Gasteiger partial charge in [-0.25, -0.2) is 8.42 Å². The molecular weight excluding hydrogens is 260 g/mol. The number of ether oxygens (including phenoxy) is 1. The maximum atomic E-state index is 11.9. The lowest BCUT2D eigenvalue weighted by atomic mass is 10.2. The summed E-state index contributed by atoms with van der Waals surface area (Å²) >= 11 is 0. The summed E-state index contributed by atoms with van der Waals surface area (Å²) in [4.78, 5) is 0.250. The molecule has 0 spiro atoms. The molecule has 98 valence electrons. The van der Waals surface area contributed by atoms with Crippen LogP contribution in [-0.2, 0) is 9.84 Å². The highest BCUT2D eigenvalue weighted by Gasteiger charge is 2.09. The summed E-state index contributed by atoms with van der Waals surface area (Å²) in [7, 11) is -3.45. The minimum Gasteiger partial charge on any atom is -0.464 e. The molecule has 0 aliphatic rings. The van der Waals surface area contributed by atoms with Gasteiger partial charge in [-0.2, -0.15) is 0 Å². The van der Waals surface area contributed by atoms with Crippen molar-refractivity contribution in [2.45, 2.75) is 11.8 Å². The van der Waals surface area contributed by atoms with Crippen LogP contribution in [0.15, 0.2) is 71.2 Å². The Labute approximate surface area is 113 Å². The van der Waals surface area contributed by atoms with E-state index in [0.717, 1.165) is 11.0 Å². The smallest absolute Gasteiger partial charge is 0.202 e. The lowest BCUT2D eigenvalue weighted by Gasteiger charge is -2.03. The Bertz CT molecular complexity index is 674. The van der Waals surface area contributed by atoms with E-state index in [2.05, 4.69) is 0 Å². The predicted molar refractivity (Wildman–Crippen MR) is 74.6 cm³/mol. The van der Waals surface area contributed by atoms with Gasteiger partial charge in [-0.05, 0) is 30.7 Å². The van der Waals surface area contributed by atoms with E-state index in [9.17, 15) is 8.42 Å². The number of rotatable bonds is 4. The fourth-order valence-corrected chi connectivity index (χ4v) is 2.45. The van der Waals surface area contributed by atoms with Gasteiger partial charge in [0.05, 0.1) is 10.3 Å². The maximum absolute atomic E-state index is 11.9. The van der Waals surface area contributed by atoms with E-state index in [-0.39, 0.29) is 4.90 Å². The molecule has 0 heterocycles. The molecular formula is C15H14O3S. The Morgan fingerprint density at radius 1 is 0.947 bits per heavy atom. The van der Waals surface area contributed by atoms with Crippen molar-refractivity contribution in [3.8, 4) is 5.75 Å². The van der Waals surface area contributed by atoms with Crippen LogP contribution in [0.5, 0.6) is 5.75 Å². The number of aryl methyl sites for hydroxylation is 1. The van der Waals surface area contributed by atoms with Crippen LogP contribution in [-0.4, -0.2) is 8.42 Å². The fourth-order valence-electron chi connectivity index (χ4n) is 1.55. The Morgan fingerprint density at radius 2 is 1.58 bits per heavy atom. The lowest BCUT2D eigenvalue weighted by Crippen LogP contribution is -1.96. The van der Waals surface area contributed by atoms with E-state index in [1.54, 1.807) is 36.4 Å². The zero-order valence-electron chi connectivity index (χ0n) is 10.5. The molecule has 0 aromatic heterocycles. The van der Waals surface area contributed by atoms with Gasteiger partial charge in [-0.1, -0.05) is 36.4 Å². The highest BCUT2D eigenvalue weighted by Crippen LogP contribution is 2.17. The lowest BCUT2D eigenvalue weighted by molar-refractivity contribution is 0.478. The van der Waals surface area contributed by atoms with E-state index in [0.29, 0.717) is 5.75 Å². The molecule has 2 aromatic rings. The van der Waals surface area contributed by atoms with Crippen LogP contribution >= 0.6 is 0 Å². The third kappa shape index (κ3) is 3.45. The molecule has 0 radical (unpaired) electrons. The first-order valence-corrected chi connectivity index (χ1v) is 7.33. The summed E-state index contributed by atoms with van der Waals surface area (Å²) in [6.45, 7) is 1.90. The molecule has 0 saturated carbocycles. The monoisotopic (exact) mass is 274 g/mol. The predicted octanol–water partition coefficient (Wildman–Crippen LogP) is 3.32. The van der Waals surface area contributed by atoms with Gasteiger partial charge in [0.15, 0.2) is 0 Å². The molecule has 0 amide bonds. The van der Waals surface area contributed by atoms with E-state index in [1.807, 2.05) is 25.1 Å². The number of hydrogen-bond donors (Lipinski definition) is 0. The molecule has 4 heteroatoms. The molecule has 2 rings (SSSR count). The first kappa shape index (κ1) is 13.4. The van der Waals surface area contributed by atoms with Gasteiger partial charge in [0.25, 0.3) is 0 Å². The van der Waals surface area contributed by atoms with Crippen molar-refractivity contribution in [3.05, 3.63) is 71.8 Å². The fraction of sp³-hybridized carbons (Fsp3) is 0.0667. The van der Waals surface area contributed by atoms with E-state index < -0.39 is 9.84 Å². The number of sulfone groups is 1. The van der Waals surface area contributed by atoms with Crippen molar-refractivity contribution >= 4 is 9.84 Å². The van der Waals surface area contributed by atoms with Crippen LogP contribution in [0, 0.1) is 6.92 Å². The van der Waals surface area contributed by atoms with Crippen molar-refractivity contribution in [1.29, 1.82) is 0 Å². The second kappa shape index (κ2) is 5.71. The summed E-state index contributed by atoms with van der Waals surface area (Å²) in [5, 5.41) is 1.06. The van der Waals surface area contributed by atoms with Gasteiger partial charge in [0, 0.05) is 0 Å². The van der Waals surface area contributed by atoms with Crippen LogP contribution in [0.25, 0.3) is 0 Å². The van der Waals surface area contributed by atoms with Crippen molar-refractivity contribution in [2.24, 2.45) is 0 Å². The second-order valence-electron chi connectivity index (χ2n) is 4.01. The van der Waals surface area contributed by atoms with Gasteiger partial charge in [0.1, 0.15) is 12.0 Å². The van der Waals surface area contributed by atoms with Crippen LogP contribution in [0.4, 0.5) is 0 Å².